The van der Waals surface area contributed by atoms with Gasteiger partial charge in [-0.05, 0) is 37.8 Å². The summed E-state index contributed by atoms with van der Waals surface area (Å²) in [6.07, 6.45) is 5.74. The Morgan fingerprint density at radius 1 is 1.24 bits per heavy atom. The molecule has 2 heterocycles. The number of nitrogens with zero attached hydrogens (tertiary/aromatic N) is 1. The fourth-order valence-corrected chi connectivity index (χ4v) is 2.93. The second kappa shape index (κ2) is 9.86. The van der Waals surface area contributed by atoms with Gasteiger partial charge in [-0.1, -0.05) is 6.42 Å². The zero-order chi connectivity index (χ0) is 18.1. The largest absolute Gasteiger partial charge is 0.469 e. The minimum Gasteiger partial charge on any atom is -0.469 e. The second-order valence-electron chi connectivity index (χ2n) is 6.22. The molecule has 0 radical (unpaired) electrons. The van der Waals surface area contributed by atoms with E-state index in [0.29, 0.717) is 44.7 Å². The van der Waals surface area contributed by atoms with E-state index in [-0.39, 0.29) is 23.7 Å². The average molecular weight is 350 g/mol. The molecule has 7 nitrogen and oxygen atoms in total. The van der Waals surface area contributed by atoms with Crippen LogP contribution < -0.4 is 5.32 Å². The molecule has 2 amide bonds. The second-order valence-corrected chi connectivity index (χ2v) is 6.22. The van der Waals surface area contributed by atoms with E-state index < -0.39 is 0 Å². The van der Waals surface area contributed by atoms with Crippen LogP contribution in [-0.2, 0) is 14.3 Å². The molecule has 1 aliphatic rings. The van der Waals surface area contributed by atoms with Crippen LogP contribution in [0.2, 0.25) is 0 Å². The lowest BCUT2D eigenvalue weighted by atomic mass is 9.95. The number of hydrogen-bond acceptors (Lipinski definition) is 5. The number of unbranched alkanes of at least 4 members (excludes halogenated alkanes) is 2. The van der Waals surface area contributed by atoms with Gasteiger partial charge in [0, 0.05) is 32.0 Å². The summed E-state index contributed by atoms with van der Waals surface area (Å²) in [5, 5.41) is 2.95. The number of hydrogen-bond donors (Lipinski definition) is 1. The number of carbonyl (C=O) groups excluding carboxylic acids is 3. The van der Waals surface area contributed by atoms with Crippen molar-refractivity contribution >= 4 is 17.8 Å². The van der Waals surface area contributed by atoms with Crippen LogP contribution in [-0.4, -0.2) is 49.4 Å². The summed E-state index contributed by atoms with van der Waals surface area (Å²) in [6, 6.07) is 3.35. The number of amides is 2. The maximum atomic E-state index is 12.2. The van der Waals surface area contributed by atoms with Gasteiger partial charge in [-0.25, -0.2) is 0 Å². The molecule has 0 unspecified atom stereocenters. The third-order valence-electron chi connectivity index (χ3n) is 4.47. The van der Waals surface area contributed by atoms with Gasteiger partial charge >= 0.3 is 5.97 Å². The zero-order valence-corrected chi connectivity index (χ0v) is 14.7. The fraction of sp³-hybridized carbons (Fsp3) is 0.611. The van der Waals surface area contributed by atoms with E-state index in [2.05, 4.69) is 10.1 Å². The zero-order valence-electron chi connectivity index (χ0n) is 14.7. The molecule has 1 aromatic heterocycles. The summed E-state index contributed by atoms with van der Waals surface area (Å²) >= 11 is 0. The van der Waals surface area contributed by atoms with Crippen molar-refractivity contribution in [2.75, 3.05) is 26.7 Å². The van der Waals surface area contributed by atoms with E-state index in [1.54, 1.807) is 17.0 Å². The van der Waals surface area contributed by atoms with Crippen molar-refractivity contribution in [3.8, 4) is 0 Å². The highest BCUT2D eigenvalue weighted by Crippen LogP contribution is 2.19. The molecule has 7 heteroatoms. The normalized spacial score (nSPS) is 15.0. The van der Waals surface area contributed by atoms with Gasteiger partial charge < -0.3 is 19.4 Å². The van der Waals surface area contributed by atoms with Gasteiger partial charge in [0.1, 0.15) is 0 Å². The first-order chi connectivity index (χ1) is 12.1. The summed E-state index contributed by atoms with van der Waals surface area (Å²) in [5.74, 6) is 0.0398. The van der Waals surface area contributed by atoms with Crippen LogP contribution in [0.1, 0.15) is 49.1 Å². The van der Waals surface area contributed by atoms with Crippen molar-refractivity contribution in [1.82, 2.24) is 10.2 Å². The topological polar surface area (TPSA) is 88.9 Å². The molecule has 138 valence electrons. The van der Waals surface area contributed by atoms with Gasteiger partial charge in [0.25, 0.3) is 5.91 Å². The van der Waals surface area contributed by atoms with Crippen molar-refractivity contribution in [3.63, 3.8) is 0 Å². The standard InChI is InChI=1S/C18H26N2O5/c1-24-16(21)7-3-2-4-10-19-17(22)14-8-11-20(12-9-14)18(23)15-6-5-13-25-15/h5-6,13-14H,2-4,7-12H2,1H3,(H,19,22). The first-order valence-electron chi connectivity index (χ1n) is 8.79. The van der Waals surface area contributed by atoms with Gasteiger partial charge in [-0.3, -0.25) is 14.4 Å². The first kappa shape index (κ1) is 19.0. The summed E-state index contributed by atoms with van der Waals surface area (Å²) < 4.78 is 9.71. The predicted molar refractivity (Wildman–Crippen MR) is 90.8 cm³/mol. The molecule has 0 saturated carbocycles. The quantitative estimate of drug-likeness (QED) is 0.572. The number of furan rings is 1. The number of rotatable bonds is 8. The third-order valence-corrected chi connectivity index (χ3v) is 4.47. The van der Waals surface area contributed by atoms with Crippen LogP contribution in [0.4, 0.5) is 0 Å². The number of methoxy groups -OCH3 is 1. The van der Waals surface area contributed by atoms with E-state index in [1.165, 1.54) is 13.4 Å². The summed E-state index contributed by atoms with van der Waals surface area (Å²) in [7, 11) is 1.38. The minimum absolute atomic E-state index is 0.0456. The molecule has 0 spiro atoms. The Hall–Kier alpha value is -2.31. The van der Waals surface area contributed by atoms with Crippen LogP contribution in [0.3, 0.4) is 0 Å². The number of nitrogens with one attached hydrogen (secondary N) is 1. The van der Waals surface area contributed by atoms with Gasteiger partial charge in [-0.15, -0.1) is 0 Å². The van der Waals surface area contributed by atoms with Gasteiger partial charge in [0.05, 0.1) is 13.4 Å². The molecule has 0 bridgehead atoms. The molecule has 1 saturated heterocycles. The Kier molecular flexibility index (Phi) is 7.50. The van der Waals surface area contributed by atoms with Crippen LogP contribution >= 0.6 is 0 Å². The maximum absolute atomic E-state index is 12.2. The Bertz CT molecular complexity index is 562. The SMILES string of the molecule is COC(=O)CCCCCNC(=O)C1CCN(C(=O)c2ccco2)CC1. The van der Waals surface area contributed by atoms with E-state index >= 15 is 0 Å². The molecule has 1 aliphatic heterocycles. The minimum atomic E-state index is -0.195. The first-order valence-corrected chi connectivity index (χ1v) is 8.79. The van der Waals surface area contributed by atoms with E-state index in [9.17, 15) is 14.4 Å². The smallest absolute Gasteiger partial charge is 0.305 e. The average Bonchev–Trinajstić information content (AvgIpc) is 3.18. The van der Waals surface area contributed by atoms with Gasteiger partial charge in [0.15, 0.2) is 5.76 Å². The molecule has 0 atom stereocenters. The molecule has 0 aliphatic carbocycles. The van der Waals surface area contributed by atoms with Crippen LogP contribution in [0, 0.1) is 5.92 Å². The molecular weight excluding hydrogens is 324 g/mol. The Morgan fingerprint density at radius 2 is 2.00 bits per heavy atom. The van der Waals surface area contributed by atoms with E-state index in [1.807, 2.05) is 0 Å². The predicted octanol–water partition coefficient (Wildman–Crippen LogP) is 1.98. The lowest BCUT2D eigenvalue weighted by molar-refractivity contribution is -0.140. The Labute approximate surface area is 147 Å². The summed E-state index contributed by atoms with van der Waals surface area (Å²) in [5.41, 5.74) is 0. The summed E-state index contributed by atoms with van der Waals surface area (Å²) in [6.45, 7) is 1.75. The molecular formula is C18H26N2O5. The third kappa shape index (κ3) is 5.92. The van der Waals surface area contributed by atoms with Gasteiger partial charge in [-0.2, -0.15) is 0 Å². The van der Waals surface area contributed by atoms with Crippen molar-refractivity contribution in [2.45, 2.75) is 38.5 Å². The highest BCUT2D eigenvalue weighted by molar-refractivity contribution is 5.91. The molecule has 1 aromatic rings. The molecule has 0 aromatic carbocycles. The highest BCUT2D eigenvalue weighted by Gasteiger charge is 2.28. The molecule has 25 heavy (non-hydrogen) atoms. The van der Waals surface area contributed by atoms with Crippen molar-refractivity contribution in [2.24, 2.45) is 5.92 Å². The van der Waals surface area contributed by atoms with Crippen LogP contribution in [0.15, 0.2) is 22.8 Å². The van der Waals surface area contributed by atoms with Crippen LogP contribution in [0.25, 0.3) is 0 Å². The lowest BCUT2D eigenvalue weighted by Gasteiger charge is -2.30. The molecule has 2 rings (SSSR count). The Balaban J connectivity index is 1.59. The molecule has 1 N–H and O–H groups in total. The number of carbonyl (C=O) groups is 3. The van der Waals surface area contributed by atoms with Crippen molar-refractivity contribution in [1.29, 1.82) is 0 Å². The number of likely N-dealkylation sites (tertiary alicyclic amines) is 1. The van der Waals surface area contributed by atoms with Crippen LogP contribution in [0.5, 0.6) is 0 Å². The van der Waals surface area contributed by atoms with Gasteiger partial charge in [0.2, 0.25) is 5.91 Å². The lowest BCUT2D eigenvalue weighted by Crippen LogP contribution is -2.43. The van der Waals surface area contributed by atoms with Crippen molar-refractivity contribution in [3.05, 3.63) is 24.2 Å². The Morgan fingerprint density at radius 3 is 2.64 bits per heavy atom. The van der Waals surface area contributed by atoms with E-state index in [0.717, 1.165) is 19.3 Å². The molecule has 1 fully saturated rings. The number of ether oxygens (including phenoxy) is 1. The summed E-state index contributed by atoms with van der Waals surface area (Å²) in [4.78, 5) is 37.1. The van der Waals surface area contributed by atoms with E-state index in [4.69, 9.17) is 4.42 Å². The fourth-order valence-electron chi connectivity index (χ4n) is 2.93. The highest BCUT2D eigenvalue weighted by atomic mass is 16.5. The monoisotopic (exact) mass is 350 g/mol. The maximum Gasteiger partial charge on any atom is 0.305 e. The van der Waals surface area contributed by atoms with Crippen molar-refractivity contribution < 1.29 is 23.5 Å². The number of esters is 1. The number of piperidine rings is 1.